The van der Waals surface area contributed by atoms with Crippen molar-refractivity contribution in [3.8, 4) is 28.6 Å². The van der Waals surface area contributed by atoms with Crippen molar-refractivity contribution in [1.82, 2.24) is 20.2 Å². The van der Waals surface area contributed by atoms with Crippen molar-refractivity contribution in [2.24, 2.45) is 18.0 Å². The van der Waals surface area contributed by atoms with E-state index in [2.05, 4.69) is 20.4 Å². The molecule has 1 aliphatic carbocycles. The number of ketones is 2. The van der Waals surface area contributed by atoms with Crippen molar-refractivity contribution in [2.45, 2.75) is 18.9 Å². The van der Waals surface area contributed by atoms with Gasteiger partial charge in [-0.15, -0.1) is 10.2 Å². The number of carbonyl (C=O) groups is 2. The Morgan fingerprint density at radius 2 is 2.00 bits per heavy atom. The van der Waals surface area contributed by atoms with Crippen LogP contribution in [0.5, 0.6) is 17.2 Å². The van der Waals surface area contributed by atoms with Crippen LogP contribution in [-0.2, 0) is 11.8 Å². The Kier molecular flexibility index (Phi) is 5.95. The zero-order chi connectivity index (χ0) is 26.5. The van der Waals surface area contributed by atoms with E-state index in [1.54, 1.807) is 38.2 Å². The van der Waals surface area contributed by atoms with Crippen molar-refractivity contribution in [2.75, 3.05) is 14.2 Å². The Morgan fingerprint density at radius 1 is 1.24 bits per heavy atom. The molecule has 0 amide bonds. The number of tetrazole rings is 1. The molecule has 5 rings (SSSR count). The molecule has 37 heavy (non-hydrogen) atoms. The minimum Gasteiger partial charge on any atom is -0.507 e. The molecule has 3 aromatic rings. The van der Waals surface area contributed by atoms with Crippen LogP contribution in [0.1, 0.15) is 23.7 Å². The van der Waals surface area contributed by atoms with Gasteiger partial charge in [-0.1, -0.05) is 30.7 Å². The molecule has 2 heterocycles. The SMILES string of the molecule is COc1cc(OC)c2c(c1Cl)OC1(C2=O)C(O)=C(C=Nc2cccc(-c3nnn(C)n3)c2)C(=O)CC1C. The highest BCUT2D eigenvalue weighted by Gasteiger charge is 2.60. The number of halogens is 1. The summed E-state index contributed by atoms with van der Waals surface area (Å²) in [7, 11) is 4.47. The summed E-state index contributed by atoms with van der Waals surface area (Å²) < 4.78 is 16.8. The van der Waals surface area contributed by atoms with Gasteiger partial charge >= 0.3 is 0 Å². The van der Waals surface area contributed by atoms with Gasteiger partial charge in [-0.25, -0.2) is 0 Å². The minimum absolute atomic E-state index is 0.0241. The van der Waals surface area contributed by atoms with Crippen LogP contribution in [0.2, 0.25) is 5.02 Å². The number of aliphatic hydroxyl groups excluding tert-OH is 1. The largest absolute Gasteiger partial charge is 0.507 e. The highest BCUT2D eigenvalue weighted by Crippen LogP contribution is 2.54. The second-order valence-corrected chi connectivity index (χ2v) is 9.05. The number of Topliss-reactive ketones (excluding diaryl/α,β-unsaturated/α-hetero) is 2. The van der Waals surface area contributed by atoms with Crippen LogP contribution in [0.25, 0.3) is 11.4 Å². The Hall–Kier alpha value is -4.25. The summed E-state index contributed by atoms with van der Waals surface area (Å²) in [6.07, 6.45) is 1.17. The predicted molar refractivity (Wildman–Crippen MR) is 133 cm³/mol. The number of aromatic nitrogens is 4. The van der Waals surface area contributed by atoms with E-state index in [9.17, 15) is 14.7 Å². The molecule has 12 heteroatoms. The number of ether oxygens (including phenoxy) is 3. The lowest BCUT2D eigenvalue weighted by Gasteiger charge is -2.36. The lowest BCUT2D eigenvalue weighted by atomic mass is 9.73. The summed E-state index contributed by atoms with van der Waals surface area (Å²) in [4.78, 5) is 32.4. The number of allylic oxidation sites excluding steroid dienone is 1. The average molecular weight is 524 g/mol. The third-order valence-corrected chi connectivity index (χ3v) is 6.82. The monoisotopic (exact) mass is 523 g/mol. The quantitative estimate of drug-likeness (QED) is 0.496. The number of aliphatic imine (C=N–C) groups is 1. The van der Waals surface area contributed by atoms with Gasteiger partial charge in [0.15, 0.2) is 17.3 Å². The van der Waals surface area contributed by atoms with Gasteiger partial charge in [0.2, 0.25) is 17.2 Å². The van der Waals surface area contributed by atoms with Crippen LogP contribution in [0, 0.1) is 5.92 Å². The second kappa shape index (κ2) is 9.00. The summed E-state index contributed by atoms with van der Waals surface area (Å²) in [5.41, 5.74) is -0.791. The fourth-order valence-corrected chi connectivity index (χ4v) is 4.84. The summed E-state index contributed by atoms with van der Waals surface area (Å²) in [6.45, 7) is 1.65. The van der Waals surface area contributed by atoms with Crippen LogP contribution < -0.4 is 14.2 Å². The number of carbonyl (C=O) groups excluding carboxylic acids is 2. The first kappa shape index (κ1) is 24.4. The molecule has 1 aromatic heterocycles. The number of aliphatic hydroxyl groups is 1. The molecular weight excluding hydrogens is 502 g/mol. The zero-order valence-corrected chi connectivity index (χ0v) is 21.1. The molecule has 0 fully saturated rings. The molecule has 2 aromatic carbocycles. The van der Waals surface area contributed by atoms with Gasteiger partial charge in [-0.2, -0.15) is 4.80 Å². The topological polar surface area (TPSA) is 138 Å². The number of hydrogen-bond donors (Lipinski definition) is 1. The number of aryl methyl sites for hydroxylation is 1. The zero-order valence-electron chi connectivity index (χ0n) is 20.4. The number of rotatable bonds is 5. The summed E-state index contributed by atoms with van der Waals surface area (Å²) in [6, 6.07) is 8.44. The van der Waals surface area contributed by atoms with Gasteiger partial charge < -0.3 is 19.3 Å². The first-order valence-corrected chi connectivity index (χ1v) is 11.6. The van der Waals surface area contributed by atoms with E-state index in [4.69, 9.17) is 25.8 Å². The maximum absolute atomic E-state index is 13.8. The fourth-order valence-electron chi connectivity index (χ4n) is 4.58. The number of hydrogen-bond acceptors (Lipinski definition) is 10. The third kappa shape index (κ3) is 3.73. The Morgan fingerprint density at radius 3 is 2.68 bits per heavy atom. The molecule has 1 aliphatic heterocycles. The smallest absolute Gasteiger partial charge is 0.231 e. The van der Waals surface area contributed by atoms with Crippen LogP contribution in [0.4, 0.5) is 5.69 Å². The molecule has 0 radical (unpaired) electrons. The maximum atomic E-state index is 13.8. The number of benzene rings is 2. The minimum atomic E-state index is -1.87. The van der Waals surface area contributed by atoms with E-state index in [1.165, 1.54) is 31.3 Å². The Bertz CT molecular complexity index is 1510. The van der Waals surface area contributed by atoms with Crippen LogP contribution >= 0.6 is 11.6 Å². The number of nitrogens with zero attached hydrogens (tertiary/aromatic N) is 5. The van der Waals surface area contributed by atoms with E-state index in [-0.39, 0.29) is 45.6 Å². The van der Waals surface area contributed by atoms with E-state index >= 15 is 0 Å². The molecule has 11 nitrogen and oxygen atoms in total. The van der Waals surface area contributed by atoms with Crippen LogP contribution in [0.3, 0.4) is 0 Å². The van der Waals surface area contributed by atoms with Crippen molar-refractivity contribution in [1.29, 1.82) is 0 Å². The van der Waals surface area contributed by atoms with Crippen molar-refractivity contribution in [3.05, 3.63) is 52.3 Å². The standard InChI is InChI=1S/C25H22ClN5O6/c1-12-8-16(32)15(11-27-14-7-5-6-13(9-14)24-28-30-31(2)29-24)22(33)25(12)23(34)19-17(35-3)10-18(36-4)20(26)21(19)37-25/h5-7,9-12,33H,8H2,1-4H3. The number of fused-ring (bicyclic) bond motifs is 1. The van der Waals surface area contributed by atoms with Crippen molar-refractivity contribution in [3.63, 3.8) is 0 Å². The van der Waals surface area contributed by atoms with Crippen LogP contribution in [0.15, 0.2) is 46.7 Å². The molecule has 1 spiro atoms. The van der Waals surface area contributed by atoms with Crippen molar-refractivity contribution < 1.29 is 28.9 Å². The van der Waals surface area contributed by atoms with E-state index in [1.807, 2.05) is 0 Å². The van der Waals surface area contributed by atoms with Crippen LogP contribution in [-0.4, -0.2) is 62.9 Å². The van der Waals surface area contributed by atoms with Gasteiger partial charge in [0.1, 0.15) is 22.1 Å². The number of methoxy groups -OCH3 is 2. The molecule has 1 N–H and O–H groups in total. The fraction of sp³-hybridized carbons (Fsp3) is 0.280. The summed E-state index contributed by atoms with van der Waals surface area (Å²) in [5.74, 6) is -1.33. The van der Waals surface area contributed by atoms with Gasteiger partial charge in [0.05, 0.1) is 32.5 Å². The third-order valence-electron chi connectivity index (χ3n) is 6.47. The first-order valence-electron chi connectivity index (χ1n) is 11.2. The van der Waals surface area contributed by atoms with Crippen molar-refractivity contribution >= 4 is 35.1 Å². The van der Waals surface area contributed by atoms with E-state index in [0.29, 0.717) is 17.1 Å². The molecule has 0 bridgehead atoms. The lowest BCUT2D eigenvalue weighted by Crippen LogP contribution is -2.52. The van der Waals surface area contributed by atoms with Gasteiger partial charge in [0, 0.05) is 30.2 Å². The Balaban J connectivity index is 1.57. The maximum Gasteiger partial charge on any atom is 0.231 e. The van der Waals surface area contributed by atoms with Gasteiger partial charge in [-0.3, -0.25) is 14.6 Å². The lowest BCUT2D eigenvalue weighted by molar-refractivity contribution is -0.118. The average Bonchev–Trinajstić information content (AvgIpc) is 3.46. The molecule has 0 saturated heterocycles. The van der Waals surface area contributed by atoms with E-state index < -0.39 is 23.1 Å². The molecule has 0 saturated carbocycles. The molecule has 2 aliphatic rings. The molecule has 2 unspecified atom stereocenters. The molecular formula is C25H22ClN5O6. The van der Waals surface area contributed by atoms with E-state index in [0.717, 1.165) is 0 Å². The molecule has 190 valence electrons. The van der Waals surface area contributed by atoms with Gasteiger partial charge in [-0.05, 0) is 17.3 Å². The van der Waals surface area contributed by atoms with Gasteiger partial charge in [0.25, 0.3) is 0 Å². The highest BCUT2D eigenvalue weighted by molar-refractivity contribution is 6.35. The second-order valence-electron chi connectivity index (χ2n) is 8.67. The first-order chi connectivity index (χ1) is 17.7. The normalized spacial score (nSPS) is 21.1. The highest BCUT2D eigenvalue weighted by atomic mass is 35.5. The Labute approximate surface area is 216 Å². The molecule has 2 atom stereocenters. The predicted octanol–water partition coefficient (Wildman–Crippen LogP) is 3.69. The summed E-state index contributed by atoms with van der Waals surface area (Å²) >= 11 is 6.45. The summed E-state index contributed by atoms with van der Waals surface area (Å²) in [5, 5.41) is 23.4.